The molecule has 0 spiro atoms. The molecule has 6 nitrogen and oxygen atoms in total. The number of anilines is 2. The van der Waals surface area contributed by atoms with Crippen LogP contribution >= 0.6 is 0 Å². The number of nitrogen functional groups attached to an aromatic ring is 1. The second-order valence-electron chi connectivity index (χ2n) is 4.96. The first-order chi connectivity index (χ1) is 9.70. The van der Waals surface area contributed by atoms with Gasteiger partial charge in [-0.25, -0.2) is 4.79 Å². The Bertz CT molecular complexity index is 526. The molecule has 3 rings (SSSR count). The molecule has 0 saturated carbocycles. The van der Waals surface area contributed by atoms with Crippen LogP contribution in [0.25, 0.3) is 0 Å². The van der Waals surface area contributed by atoms with Crippen LogP contribution in [0, 0.1) is 0 Å². The van der Waals surface area contributed by atoms with Crippen LogP contribution in [-0.2, 0) is 9.47 Å². The number of carbonyl (C=O) groups is 1. The van der Waals surface area contributed by atoms with E-state index in [1.54, 1.807) is 12.1 Å². The van der Waals surface area contributed by atoms with Crippen LogP contribution in [0.15, 0.2) is 12.1 Å². The van der Waals surface area contributed by atoms with Crippen molar-refractivity contribution in [1.82, 2.24) is 0 Å². The lowest BCUT2D eigenvalue weighted by Crippen LogP contribution is -2.41. The van der Waals surface area contributed by atoms with E-state index >= 15 is 0 Å². The molecule has 0 bridgehead atoms. The smallest absolute Gasteiger partial charge is 0.340 e. The third-order valence-electron chi connectivity index (χ3n) is 3.78. The zero-order valence-electron chi connectivity index (χ0n) is 11.4. The Kier molecular flexibility index (Phi) is 3.40. The third kappa shape index (κ3) is 2.16. The van der Waals surface area contributed by atoms with Crippen molar-refractivity contribution in [3.63, 3.8) is 0 Å². The number of benzene rings is 1. The summed E-state index contributed by atoms with van der Waals surface area (Å²) < 4.78 is 15.9. The van der Waals surface area contributed by atoms with E-state index in [9.17, 15) is 4.79 Å². The second kappa shape index (κ2) is 5.20. The lowest BCUT2D eigenvalue weighted by atomic mass is 10.1. The van der Waals surface area contributed by atoms with Gasteiger partial charge in [-0.3, -0.25) is 0 Å². The van der Waals surface area contributed by atoms with Crippen LogP contribution in [0.1, 0.15) is 16.8 Å². The molecule has 1 saturated heterocycles. The fourth-order valence-electron chi connectivity index (χ4n) is 2.73. The van der Waals surface area contributed by atoms with Crippen LogP contribution < -0.4 is 15.4 Å². The van der Waals surface area contributed by atoms with Crippen molar-refractivity contribution >= 4 is 17.3 Å². The fraction of sp³-hybridized carbons (Fsp3) is 0.500. The van der Waals surface area contributed by atoms with Crippen LogP contribution in [-0.4, -0.2) is 45.5 Å². The topological polar surface area (TPSA) is 74.0 Å². The molecule has 6 heteroatoms. The average Bonchev–Trinajstić information content (AvgIpc) is 2.99. The number of rotatable bonds is 2. The molecule has 1 atom stereocenters. The quantitative estimate of drug-likeness (QED) is 0.643. The Balaban J connectivity index is 2.00. The molecule has 20 heavy (non-hydrogen) atoms. The maximum Gasteiger partial charge on any atom is 0.340 e. The highest BCUT2D eigenvalue weighted by Crippen LogP contribution is 2.38. The molecule has 2 aliphatic rings. The molecule has 0 radical (unpaired) electrons. The predicted octanol–water partition coefficient (Wildman–Crippen LogP) is 1.04. The van der Waals surface area contributed by atoms with E-state index < -0.39 is 5.97 Å². The van der Waals surface area contributed by atoms with Crippen molar-refractivity contribution in [3.8, 4) is 5.75 Å². The number of ether oxygens (including phenoxy) is 3. The fourth-order valence-corrected chi connectivity index (χ4v) is 2.73. The summed E-state index contributed by atoms with van der Waals surface area (Å²) in [6.45, 7) is 2.87. The van der Waals surface area contributed by atoms with E-state index in [0.717, 1.165) is 25.3 Å². The highest BCUT2D eigenvalue weighted by atomic mass is 16.5. The number of nitrogens with two attached hydrogens (primary N) is 1. The first-order valence-corrected chi connectivity index (χ1v) is 6.69. The zero-order chi connectivity index (χ0) is 14.1. The number of nitrogens with zero attached hydrogens (tertiary/aromatic N) is 1. The van der Waals surface area contributed by atoms with E-state index in [0.29, 0.717) is 36.3 Å². The van der Waals surface area contributed by atoms with Crippen LogP contribution in [0.5, 0.6) is 5.75 Å². The molecular formula is C14H18N2O4. The molecule has 1 aromatic carbocycles. The summed E-state index contributed by atoms with van der Waals surface area (Å²) in [7, 11) is 1.35. The first kappa shape index (κ1) is 13.1. The van der Waals surface area contributed by atoms with E-state index in [1.165, 1.54) is 7.11 Å². The van der Waals surface area contributed by atoms with Crippen LogP contribution in [0.3, 0.4) is 0 Å². The zero-order valence-corrected chi connectivity index (χ0v) is 11.4. The molecule has 1 fully saturated rings. The molecule has 0 aromatic heterocycles. The summed E-state index contributed by atoms with van der Waals surface area (Å²) in [6.07, 6.45) is 0.984. The van der Waals surface area contributed by atoms with Gasteiger partial charge in [-0.2, -0.15) is 0 Å². The highest BCUT2D eigenvalue weighted by Gasteiger charge is 2.29. The van der Waals surface area contributed by atoms with Gasteiger partial charge in [0.1, 0.15) is 12.4 Å². The van der Waals surface area contributed by atoms with Gasteiger partial charge in [0.05, 0.1) is 37.6 Å². The van der Waals surface area contributed by atoms with Gasteiger partial charge in [0, 0.05) is 18.4 Å². The lowest BCUT2D eigenvalue weighted by Gasteiger charge is -2.35. The molecule has 2 heterocycles. The largest absolute Gasteiger partial charge is 0.489 e. The number of fused-ring (bicyclic) bond motifs is 1. The minimum Gasteiger partial charge on any atom is -0.489 e. The monoisotopic (exact) mass is 278 g/mol. The van der Waals surface area contributed by atoms with Crippen LogP contribution in [0.2, 0.25) is 0 Å². The summed E-state index contributed by atoms with van der Waals surface area (Å²) in [4.78, 5) is 14.0. The van der Waals surface area contributed by atoms with E-state index in [4.69, 9.17) is 19.9 Å². The normalized spacial score (nSPS) is 21.2. The molecule has 0 amide bonds. The maximum absolute atomic E-state index is 11.8. The van der Waals surface area contributed by atoms with Gasteiger partial charge in [-0.05, 0) is 12.5 Å². The summed E-state index contributed by atoms with van der Waals surface area (Å²) >= 11 is 0. The highest BCUT2D eigenvalue weighted by molar-refractivity contribution is 5.97. The summed E-state index contributed by atoms with van der Waals surface area (Å²) in [5.41, 5.74) is 7.54. The number of methoxy groups -OCH3 is 1. The van der Waals surface area contributed by atoms with E-state index in [1.807, 2.05) is 0 Å². The Hall–Kier alpha value is -1.95. The molecular weight excluding hydrogens is 260 g/mol. The molecule has 108 valence electrons. The maximum atomic E-state index is 11.8. The Labute approximate surface area is 117 Å². The Morgan fingerprint density at radius 2 is 2.30 bits per heavy atom. The van der Waals surface area contributed by atoms with Gasteiger partial charge >= 0.3 is 5.97 Å². The van der Waals surface area contributed by atoms with Crippen LogP contribution in [0.4, 0.5) is 11.4 Å². The van der Waals surface area contributed by atoms with Gasteiger partial charge < -0.3 is 24.8 Å². The molecule has 0 aliphatic carbocycles. The Morgan fingerprint density at radius 3 is 3.00 bits per heavy atom. The third-order valence-corrected chi connectivity index (χ3v) is 3.78. The molecule has 1 unspecified atom stereocenters. The van der Waals surface area contributed by atoms with Gasteiger partial charge in [-0.15, -0.1) is 0 Å². The average molecular weight is 278 g/mol. The predicted molar refractivity (Wildman–Crippen MR) is 74.3 cm³/mol. The summed E-state index contributed by atoms with van der Waals surface area (Å²) in [6, 6.07) is 3.78. The first-order valence-electron chi connectivity index (χ1n) is 6.69. The molecule has 2 N–H and O–H groups in total. The lowest BCUT2D eigenvalue weighted by molar-refractivity contribution is 0.0602. The number of carbonyl (C=O) groups excluding carboxylic acids is 1. The van der Waals surface area contributed by atoms with E-state index in [-0.39, 0.29) is 0 Å². The molecule has 1 aromatic rings. The molecule has 2 aliphatic heterocycles. The standard InChI is InChI=1S/C14H18N2O4/c1-18-14(17)10-6-12-13(7-11(10)15)20-5-3-16(12)9-2-4-19-8-9/h6-7,9H,2-5,8,15H2,1H3. The van der Waals surface area contributed by atoms with Gasteiger partial charge in [-0.1, -0.05) is 0 Å². The Morgan fingerprint density at radius 1 is 1.45 bits per heavy atom. The van der Waals surface area contributed by atoms with Crippen molar-refractivity contribution in [3.05, 3.63) is 17.7 Å². The number of hydrogen-bond donors (Lipinski definition) is 1. The van der Waals surface area contributed by atoms with Crippen molar-refractivity contribution in [2.24, 2.45) is 0 Å². The van der Waals surface area contributed by atoms with Crippen molar-refractivity contribution in [2.75, 3.05) is 44.1 Å². The minimum atomic E-state index is -0.432. The van der Waals surface area contributed by atoms with Crippen molar-refractivity contribution in [2.45, 2.75) is 12.5 Å². The SMILES string of the molecule is COC(=O)c1cc2c(cc1N)OCCN2C1CCOC1. The summed E-state index contributed by atoms with van der Waals surface area (Å²) in [5, 5.41) is 0. The van der Waals surface area contributed by atoms with Crippen molar-refractivity contribution in [1.29, 1.82) is 0 Å². The van der Waals surface area contributed by atoms with Gasteiger partial charge in [0.2, 0.25) is 0 Å². The summed E-state index contributed by atoms with van der Waals surface area (Å²) in [5.74, 6) is 0.284. The van der Waals surface area contributed by atoms with Crippen molar-refractivity contribution < 1.29 is 19.0 Å². The minimum absolute atomic E-state index is 0.326. The van der Waals surface area contributed by atoms with E-state index in [2.05, 4.69) is 4.90 Å². The number of hydrogen-bond acceptors (Lipinski definition) is 6. The van der Waals surface area contributed by atoms with Gasteiger partial charge in [0.25, 0.3) is 0 Å². The second-order valence-corrected chi connectivity index (χ2v) is 4.96. The van der Waals surface area contributed by atoms with Gasteiger partial charge in [0.15, 0.2) is 0 Å². The number of esters is 1.